The van der Waals surface area contributed by atoms with Gasteiger partial charge in [-0.05, 0) is 54.0 Å². The van der Waals surface area contributed by atoms with Crippen LogP contribution in [0.1, 0.15) is 29.9 Å². The molecule has 1 fully saturated rings. The summed E-state index contributed by atoms with van der Waals surface area (Å²) in [6, 6.07) is 17.6. The van der Waals surface area contributed by atoms with Crippen molar-refractivity contribution < 1.29 is 0 Å². The highest BCUT2D eigenvalue weighted by atomic mass is 32.2. The Labute approximate surface area is 142 Å². The molecule has 0 aromatic heterocycles. The molecular formula is C20H22N2S. The first-order valence-corrected chi connectivity index (χ1v) is 9.38. The highest BCUT2D eigenvalue weighted by Gasteiger charge is 2.29. The molecule has 2 aliphatic rings. The minimum atomic E-state index is 0.472. The van der Waals surface area contributed by atoms with Crippen molar-refractivity contribution in [2.24, 2.45) is 4.40 Å². The van der Waals surface area contributed by atoms with Crippen molar-refractivity contribution in [3.8, 4) is 11.1 Å². The van der Waals surface area contributed by atoms with Crippen LogP contribution in [0.2, 0.25) is 0 Å². The van der Waals surface area contributed by atoms with Crippen molar-refractivity contribution >= 4 is 17.8 Å². The van der Waals surface area contributed by atoms with Crippen LogP contribution in [-0.4, -0.2) is 29.6 Å². The van der Waals surface area contributed by atoms with Gasteiger partial charge in [0.15, 0.2) is 0 Å². The maximum Gasteiger partial charge on any atom is 0.120 e. The Balaban J connectivity index is 1.67. The fraction of sp³-hybridized carbons (Fsp3) is 0.350. The molecule has 3 heteroatoms. The normalized spacial score (nSPS) is 20.8. The lowest BCUT2D eigenvalue weighted by atomic mass is 9.87. The minimum absolute atomic E-state index is 0.472. The number of rotatable bonds is 2. The van der Waals surface area contributed by atoms with E-state index in [1.807, 2.05) is 0 Å². The molecule has 2 aromatic rings. The van der Waals surface area contributed by atoms with Crippen molar-refractivity contribution in [3.63, 3.8) is 0 Å². The van der Waals surface area contributed by atoms with E-state index in [1.165, 1.54) is 47.5 Å². The van der Waals surface area contributed by atoms with Crippen molar-refractivity contribution in [1.82, 2.24) is 4.90 Å². The number of fused-ring (bicyclic) bond motifs is 1. The van der Waals surface area contributed by atoms with E-state index >= 15 is 0 Å². The van der Waals surface area contributed by atoms with E-state index in [2.05, 4.69) is 60.4 Å². The van der Waals surface area contributed by atoms with Crippen molar-refractivity contribution in [2.45, 2.75) is 25.7 Å². The molecule has 1 atom stereocenters. The summed E-state index contributed by atoms with van der Waals surface area (Å²) in [5, 5.41) is 0. The maximum absolute atomic E-state index is 4.78. The fourth-order valence-corrected chi connectivity index (χ4v) is 4.49. The lowest BCUT2D eigenvalue weighted by Gasteiger charge is -2.38. The SMILES string of the molecule is Cc1cc(C2CCCN3CCSN=C23)ccc1-c1ccccc1. The number of amidine groups is 1. The summed E-state index contributed by atoms with van der Waals surface area (Å²) in [6.07, 6.45) is 2.49. The molecule has 23 heavy (non-hydrogen) atoms. The smallest absolute Gasteiger partial charge is 0.120 e. The molecule has 2 nitrogen and oxygen atoms in total. The first-order chi connectivity index (χ1) is 11.3. The molecule has 0 N–H and O–H groups in total. The van der Waals surface area contributed by atoms with E-state index in [0.717, 1.165) is 12.3 Å². The van der Waals surface area contributed by atoms with Gasteiger partial charge in [-0.1, -0.05) is 48.5 Å². The van der Waals surface area contributed by atoms with Crippen LogP contribution in [0.3, 0.4) is 0 Å². The molecule has 1 saturated heterocycles. The lowest BCUT2D eigenvalue weighted by molar-refractivity contribution is 0.371. The third-order valence-corrected chi connectivity index (χ3v) is 5.59. The Morgan fingerprint density at radius 2 is 1.96 bits per heavy atom. The average Bonchev–Trinajstić information content (AvgIpc) is 2.62. The van der Waals surface area contributed by atoms with Crippen LogP contribution in [0, 0.1) is 6.92 Å². The third kappa shape index (κ3) is 2.90. The molecule has 1 unspecified atom stereocenters. The van der Waals surface area contributed by atoms with Gasteiger partial charge in [-0.25, -0.2) is 4.40 Å². The zero-order valence-corrected chi connectivity index (χ0v) is 14.4. The van der Waals surface area contributed by atoms with Gasteiger partial charge in [0, 0.05) is 24.8 Å². The summed E-state index contributed by atoms with van der Waals surface area (Å²) in [4.78, 5) is 2.49. The molecule has 0 saturated carbocycles. The number of aryl methyl sites for hydroxylation is 1. The van der Waals surface area contributed by atoms with E-state index in [-0.39, 0.29) is 0 Å². The van der Waals surface area contributed by atoms with Gasteiger partial charge in [0.2, 0.25) is 0 Å². The zero-order valence-electron chi connectivity index (χ0n) is 13.5. The first kappa shape index (κ1) is 14.8. The number of hydrogen-bond acceptors (Lipinski definition) is 3. The van der Waals surface area contributed by atoms with Gasteiger partial charge in [0.1, 0.15) is 5.84 Å². The van der Waals surface area contributed by atoms with E-state index in [0.29, 0.717) is 5.92 Å². The molecule has 0 spiro atoms. The second kappa shape index (κ2) is 6.40. The minimum Gasteiger partial charge on any atom is -0.358 e. The van der Waals surface area contributed by atoms with Crippen LogP contribution in [0.4, 0.5) is 0 Å². The van der Waals surface area contributed by atoms with Crippen molar-refractivity contribution in [2.75, 3.05) is 18.8 Å². The van der Waals surface area contributed by atoms with Gasteiger partial charge in [-0.15, -0.1) is 0 Å². The number of benzene rings is 2. The van der Waals surface area contributed by atoms with Crippen molar-refractivity contribution in [1.29, 1.82) is 0 Å². The molecule has 2 aliphatic heterocycles. The number of nitrogens with zero attached hydrogens (tertiary/aromatic N) is 2. The zero-order chi connectivity index (χ0) is 15.6. The predicted molar refractivity (Wildman–Crippen MR) is 100 cm³/mol. The van der Waals surface area contributed by atoms with Crippen LogP contribution in [0.5, 0.6) is 0 Å². The Morgan fingerprint density at radius 1 is 1.09 bits per heavy atom. The maximum atomic E-state index is 4.78. The van der Waals surface area contributed by atoms with Gasteiger partial charge in [-0.3, -0.25) is 0 Å². The van der Waals surface area contributed by atoms with Crippen LogP contribution >= 0.6 is 11.9 Å². The topological polar surface area (TPSA) is 15.6 Å². The average molecular weight is 322 g/mol. The summed E-state index contributed by atoms with van der Waals surface area (Å²) in [7, 11) is 0. The molecule has 0 radical (unpaired) electrons. The highest BCUT2D eigenvalue weighted by Crippen LogP contribution is 2.34. The molecule has 0 amide bonds. The molecule has 0 aliphatic carbocycles. The van der Waals surface area contributed by atoms with Crippen LogP contribution in [0.15, 0.2) is 52.9 Å². The van der Waals surface area contributed by atoms with Gasteiger partial charge in [0.05, 0.1) is 0 Å². The van der Waals surface area contributed by atoms with Crippen LogP contribution in [-0.2, 0) is 0 Å². The summed E-state index contributed by atoms with van der Waals surface area (Å²) in [5.41, 5.74) is 5.41. The summed E-state index contributed by atoms with van der Waals surface area (Å²) in [5.74, 6) is 2.90. The highest BCUT2D eigenvalue weighted by molar-refractivity contribution is 7.98. The fourth-order valence-electron chi connectivity index (χ4n) is 3.72. The second-order valence-electron chi connectivity index (χ2n) is 6.40. The predicted octanol–water partition coefficient (Wildman–Crippen LogP) is 4.90. The Kier molecular flexibility index (Phi) is 4.13. The Hall–Kier alpha value is -1.74. The first-order valence-electron chi connectivity index (χ1n) is 8.44. The Bertz CT molecular complexity index is 724. The van der Waals surface area contributed by atoms with Gasteiger partial charge in [0.25, 0.3) is 0 Å². The van der Waals surface area contributed by atoms with E-state index < -0.39 is 0 Å². The summed E-state index contributed by atoms with van der Waals surface area (Å²) < 4.78 is 4.78. The molecule has 2 aromatic carbocycles. The summed E-state index contributed by atoms with van der Waals surface area (Å²) >= 11 is 1.73. The molecule has 0 bridgehead atoms. The van der Waals surface area contributed by atoms with E-state index in [1.54, 1.807) is 11.9 Å². The van der Waals surface area contributed by atoms with Crippen LogP contribution < -0.4 is 0 Å². The monoisotopic (exact) mass is 322 g/mol. The lowest BCUT2D eigenvalue weighted by Crippen LogP contribution is -2.43. The van der Waals surface area contributed by atoms with Gasteiger partial charge in [-0.2, -0.15) is 0 Å². The van der Waals surface area contributed by atoms with Gasteiger partial charge < -0.3 is 4.90 Å². The summed E-state index contributed by atoms with van der Waals surface area (Å²) in [6.45, 7) is 4.56. The van der Waals surface area contributed by atoms with E-state index in [4.69, 9.17) is 4.40 Å². The van der Waals surface area contributed by atoms with Crippen LogP contribution in [0.25, 0.3) is 11.1 Å². The quantitative estimate of drug-likeness (QED) is 0.731. The molecule has 4 rings (SSSR count). The molecule has 2 heterocycles. The van der Waals surface area contributed by atoms with Gasteiger partial charge >= 0.3 is 0 Å². The Morgan fingerprint density at radius 3 is 2.78 bits per heavy atom. The van der Waals surface area contributed by atoms with Crippen molar-refractivity contribution in [3.05, 3.63) is 59.7 Å². The number of piperidine rings is 1. The molecular weight excluding hydrogens is 300 g/mol. The standard InChI is InChI=1S/C20H22N2S/c1-15-14-17(9-10-18(15)16-6-3-2-4-7-16)19-8-5-11-22-12-13-23-21-20(19)22/h2-4,6-7,9-10,14,19H,5,8,11-13H2,1H3. The van der Waals surface area contributed by atoms with E-state index in [9.17, 15) is 0 Å². The number of hydrogen-bond donors (Lipinski definition) is 0. The second-order valence-corrected chi connectivity index (χ2v) is 7.25. The third-order valence-electron chi connectivity index (χ3n) is 4.90. The molecule has 118 valence electrons. The largest absolute Gasteiger partial charge is 0.358 e.